The van der Waals surface area contributed by atoms with E-state index in [2.05, 4.69) is 191 Å². The van der Waals surface area contributed by atoms with E-state index in [1.807, 2.05) is 0 Å². The van der Waals surface area contributed by atoms with Crippen LogP contribution in [0.3, 0.4) is 0 Å². The van der Waals surface area contributed by atoms with Gasteiger partial charge >= 0.3 is 17.9 Å². The fraction of sp³-hybridized carbons (Fsp3) is 0.581. The number of rotatable bonds is 56. The quantitative estimate of drug-likeness (QED) is 0.0261. The second-order valence-electron chi connectivity index (χ2n) is 20.5. The SMILES string of the molecule is CC/C=C\C/C=C\C/C=C\C/C=C\C/C=C\C/C=C\C/C=C\CCCC(=O)OCC(COC(=O)CCCCCCCCC/C=C\C/C=C\CCCCCC)OC(=O)CCCCCCC/C=C\C/C=C\C/C=C\C/C=C\C/C=C\CC. The van der Waals surface area contributed by atoms with Crippen molar-refractivity contribution in [2.75, 3.05) is 13.2 Å². The molecule has 1 unspecified atom stereocenters. The van der Waals surface area contributed by atoms with E-state index in [9.17, 15) is 14.4 Å². The molecule has 6 nitrogen and oxygen atoms in total. The van der Waals surface area contributed by atoms with Gasteiger partial charge in [0, 0.05) is 19.3 Å². The van der Waals surface area contributed by atoms with Gasteiger partial charge in [0.2, 0.25) is 0 Å². The largest absolute Gasteiger partial charge is 0.462 e. The number of carbonyl (C=O) groups excluding carboxylic acids is 3. The predicted octanol–water partition coefficient (Wildman–Crippen LogP) is 22.3. The molecule has 0 aromatic carbocycles. The van der Waals surface area contributed by atoms with Gasteiger partial charge in [0.15, 0.2) is 6.10 Å². The molecule has 0 aromatic heterocycles. The molecule has 0 aromatic rings. The van der Waals surface area contributed by atoms with E-state index >= 15 is 0 Å². The van der Waals surface area contributed by atoms with E-state index in [-0.39, 0.29) is 44.0 Å². The Hall–Kier alpha value is -5.23. The van der Waals surface area contributed by atoms with Crippen LogP contribution in [0.25, 0.3) is 0 Å². The van der Waals surface area contributed by atoms with E-state index in [4.69, 9.17) is 14.2 Å². The zero-order valence-electron chi connectivity index (χ0n) is 51.3. The third-order valence-electron chi connectivity index (χ3n) is 12.9. The smallest absolute Gasteiger partial charge is 0.306 e. The van der Waals surface area contributed by atoms with Crippen LogP contribution in [-0.2, 0) is 28.6 Å². The van der Waals surface area contributed by atoms with E-state index < -0.39 is 6.10 Å². The van der Waals surface area contributed by atoms with Crippen molar-refractivity contribution < 1.29 is 28.6 Å². The summed E-state index contributed by atoms with van der Waals surface area (Å²) in [6.45, 7) is 6.32. The lowest BCUT2D eigenvalue weighted by atomic mass is 10.1. The van der Waals surface area contributed by atoms with Gasteiger partial charge in [0.25, 0.3) is 0 Å². The van der Waals surface area contributed by atoms with Crippen molar-refractivity contribution >= 4 is 17.9 Å². The molecule has 1 atom stereocenters. The second-order valence-corrected chi connectivity index (χ2v) is 20.5. The standard InChI is InChI=1S/C74H116O6/c1-4-7-10-13-16-19-22-25-28-31-34-36-37-39-40-43-46-49-52-55-58-61-64-67-73(76)79-70-71(69-78-72(75)66-63-60-57-54-51-48-45-42-33-30-27-24-21-18-15-12-9-6-3)80-74(77)68-65-62-59-56-53-50-47-44-41-38-35-32-29-26-23-20-17-14-11-8-5-2/h7-8,10-11,16-17,19-21,24-26,28-30,33-36,38-40,44,46-47,49,55,58,71H,4-6,9,12-15,18,22-23,27,31-32,37,41-43,45,48,50-54,56-57,59-70H2,1-3H3/b10-7-,11-8-,19-16-,20-17-,24-21-,28-25-,29-26-,33-30-,36-34-,38-35-,40-39-,47-44-,49-46-,58-55-. The first-order valence-corrected chi connectivity index (χ1v) is 32.1. The number of unbranched alkanes of at least 4 members (excludes halogenated alkanes) is 17. The Morgan fingerprint density at radius 3 is 0.812 bits per heavy atom. The normalized spacial score (nSPS) is 13.3. The van der Waals surface area contributed by atoms with Crippen LogP contribution in [0.2, 0.25) is 0 Å². The van der Waals surface area contributed by atoms with Gasteiger partial charge in [0.05, 0.1) is 0 Å². The molecule has 0 aliphatic carbocycles. The van der Waals surface area contributed by atoms with E-state index in [0.717, 1.165) is 154 Å². The zero-order valence-corrected chi connectivity index (χ0v) is 51.3. The van der Waals surface area contributed by atoms with E-state index in [1.54, 1.807) is 0 Å². The van der Waals surface area contributed by atoms with Crippen LogP contribution in [0.4, 0.5) is 0 Å². The van der Waals surface area contributed by atoms with Gasteiger partial charge in [-0.05, 0) is 148 Å². The minimum atomic E-state index is -0.827. The first kappa shape index (κ1) is 74.8. The molecule has 0 aliphatic rings. The molecule has 80 heavy (non-hydrogen) atoms. The van der Waals surface area contributed by atoms with Gasteiger partial charge in [-0.25, -0.2) is 0 Å². The maximum Gasteiger partial charge on any atom is 0.306 e. The summed E-state index contributed by atoms with van der Waals surface area (Å²) in [4.78, 5) is 38.4. The van der Waals surface area contributed by atoms with Gasteiger partial charge in [-0.2, -0.15) is 0 Å². The number of esters is 3. The second kappa shape index (κ2) is 66.3. The summed E-state index contributed by atoms with van der Waals surface area (Å²) in [5.74, 6) is -1.01. The van der Waals surface area contributed by atoms with Crippen LogP contribution in [0, 0.1) is 0 Å². The van der Waals surface area contributed by atoms with Gasteiger partial charge in [0.1, 0.15) is 13.2 Å². The lowest BCUT2D eigenvalue weighted by molar-refractivity contribution is -0.167. The maximum atomic E-state index is 12.9. The Bertz CT molecular complexity index is 1840. The fourth-order valence-corrected chi connectivity index (χ4v) is 8.19. The number of hydrogen-bond donors (Lipinski definition) is 0. The van der Waals surface area contributed by atoms with Crippen molar-refractivity contribution in [3.05, 3.63) is 170 Å². The van der Waals surface area contributed by atoms with Crippen LogP contribution >= 0.6 is 0 Å². The summed E-state index contributed by atoms with van der Waals surface area (Å²) in [5, 5.41) is 0. The highest BCUT2D eigenvalue weighted by atomic mass is 16.6. The Labute approximate surface area is 492 Å². The summed E-state index contributed by atoms with van der Waals surface area (Å²) in [7, 11) is 0. The van der Waals surface area contributed by atoms with Crippen molar-refractivity contribution in [2.45, 2.75) is 264 Å². The molecule has 0 radical (unpaired) electrons. The minimum absolute atomic E-state index is 0.116. The zero-order chi connectivity index (χ0) is 57.8. The maximum absolute atomic E-state index is 12.9. The number of carbonyl (C=O) groups is 3. The lowest BCUT2D eigenvalue weighted by Crippen LogP contribution is -2.30. The Balaban J connectivity index is 4.58. The molecule has 0 spiro atoms. The highest BCUT2D eigenvalue weighted by Crippen LogP contribution is 2.14. The van der Waals surface area contributed by atoms with Crippen molar-refractivity contribution in [1.82, 2.24) is 0 Å². The molecule has 0 rings (SSSR count). The minimum Gasteiger partial charge on any atom is -0.462 e. The Morgan fingerprint density at radius 2 is 0.500 bits per heavy atom. The third kappa shape index (κ3) is 63.6. The summed E-state index contributed by atoms with van der Waals surface area (Å²) in [6.07, 6.45) is 97.8. The molecule has 0 heterocycles. The van der Waals surface area contributed by atoms with Crippen LogP contribution in [0.15, 0.2) is 170 Å². The average Bonchev–Trinajstić information content (AvgIpc) is 3.46. The van der Waals surface area contributed by atoms with Crippen LogP contribution in [0.1, 0.15) is 258 Å². The third-order valence-corrected chi connectivity index (χ3v) is 12.9. The van der Waals surface area contributed by atoms with E-state index in [1.165, 1.54) is 57.8 Å². The van der Waals surface area contributed by atoms with Gasteiger partial charge < -0.3 is 14.2 Å². The lowest BCUT2D eigenvalue weighted by Gasteiger charge is -2.18. The Kier molecular flexibility index (Phi) is 61.9. The molecule has 0 N–H and O–H groups in total. The first-order chi connectivity index (χ1) is 39.5. The molecule has 0 amide bonds. The predicted molar refractivity (Wildman–Crippen MR) is 348 cm³/mol. The number of hydrogen-bond acceptors (Lipinski definition) is 6. The molecule has 0 aliphatic heterocycles. The molecule has 6 heteroatoms. The highest BCUT2D eigenvalue weighted by Gasteiger charge is 2.19. The van der Waals surface area contributed by atoms with E-state index in [0.29, 0.717) is 12.8 Å². The molecule has 448 valence electrons. The molecule has 0 bridgehead atoms. The summed E-state index contributed by atoms with van der Waals surface area (Å²) >= 11 is 0. The fourth-order valence-electron chi connectivity index (χ4n) is 8.19. The molecular weight excluding hydrogens is 985 g/mol. The summed E-state index contributed by atoms with van der Waals surface area (Å²) < 4.78 is 16.9. The first-order valence-electron chi connectivity index (χ1n) is 32.1. The number of ether oxygens (including phenoxy) is 3. The van der Waals surface area contributed by atoms with Gasteiger partial charge in [-0.15, -0.1) is 0 Å². The summed E-state index contributed by atoms with van der Waals surface area (Å²) in [5.41, 5.74) is 0. The van der Waals surface area contributed by atoms with Crippen LogP contribution < -0.4 is 0 Å². The molecular formula is C74H116O6. The van der Waals surface area contributed by atoms with Crippen molar-refractivity contribution in [3.8, 4) is 0 Å². The number of allylic oxidation sites excluding steroid dienone is 28. The average molecular weight is 1100 g/mol. The van der Waals surface area contributed by atoms with Gasteiger partial charge in [-0.3, -0.25) is 14.4 Å². The van der Waals surface area contributed by atoms with Crippen LogP contribution in [-0.4, -0.2) is 37.2 Å². The van der Waals surface area contributed by atoms with Crippen molar-refractivity contribution in [3.63, 3.8) is 0 Å². The molecule has 0 fully saturated rings. The topological polar surface area (TPSA) is 78.9 Å². The van der Waals surface area contributed by atoms with Gasteiger partial charge in [-0.1, -0.05) is 262 Å². The summed E-state index contributed by atoms with van der Waals surface area (Å²) in [6, 6.07) is 0. The monoisotopic (exact) mass is 1100 g/mol. The van der Waals surface area contributed by atoms with Crippen molar-refractivity contribution in [1.29, 1.82) is 0 Å². The molecule has 0 saturated heterocycles. The van der Waals surface area contributed by atoms with Crippen LogP contribution in [0.5, 0.6) is 0 Å². The van der Waals surface area contributed by atoms with Crippen molar-refractivity contribution in [2.24, 2.45) is 0 Å². The molecule has 0 saturated carbocycles. The Morgan fingerprint density at radius 1 is 0.263 bits per heavy atom. The highest BCUT2D eigenvalue weighted by molar-refractivity contribution is 5.71.